The average molecular weight is 322 g/mol. The molecular weight excluding hydrogens is 303 g/mol. The molecule has 3 aromatic rings. The molecule has 0 amide bonds. The zero-order valence-electron chi connectivity index (χ0n) is 13.3. The fraction of sp³-hybridized carbons (Fsp3) is 0.100. The van der Waals surface area contributed by atoms with Crippen LogP contribution in [0.1, 0.15) is 5.56 Å². The maximum atomic E-state index is 14.2. The second-order valence-electron chi connectivity index (χ2n) is 5.46. The van der Waals surface area contributed by atoms with Crippen LogP contribution in [0.3, 0.4) is 0 Å². The van der Waals surface area contributed by atoms with Gasteiger partial charge in [0.15, 0.2) is 7.14 Å². The van der Waals surface area contributed by atoms with E-state index in [-0.39, 0.29) is 0 Å². The molecule has 0 aliphatic rings. The first kappa shape index (κ1) is 15.6. The molecule has 23 heavy (non-hydrogen) atoms. The number of rotatable bonds is 4. The smallest absolute Gasteiger partial charge is 0.174 e. The van der Waals surface area contributed by atoms with Crippen molar-refractivity contribution in [1.82, 2.24) is 0 Å². The summed E-state index contributed by atoms with van der Waals surface area (Å²) in [5, 5.41) is 2.37. The minimum absolute atomic E-state index is 0.668. The molecule has 0 radical (unpaired) electrons. The molecule has 0 aromatic heterocycles. The summed E-state index contributed by atoms with van der Waals surface area (Å²) < 4.78 is 19.8. The second kappa shape index (κ2) is 6.44. The Balaban J connectivity index is 2.32. The SMILES string of the molecule is COc1cc(C)ccc1P(=O)(c1ccccc1)c1ccccc1. The van der Waals surface area contributed by atoms with Gasteiger partial charge in [-0.25, -0.2) is 0 Å². The minimum Gasteiger partial charge on any atom is -0.496 e. The Bertz CT molecular complexity index is 799. The van der Waals surface area contributed by atoms with Gasteiger partial charge in [0, 0.05) is 10.6 Å². The van der Waals surface area contributed by atoms with Crippen molar-refractivity contribution in [3.8, 4) is 5.75 Å². The van der Waals surface area contributed by atoms with Crippen LogP contribution < -0.4 is 20.7 Å². The summed E-state index contributed by atoms with van der Waals surface area (Å²) >= 11 is 0. The number of benzene rings is 3. The van der Waals surface area contributed by atoms with Gasteiger partial charge in [-0.15, -0.1) is 0 Å². The van der Waals surface area contributed by atoms with Crippen molar-refractivity contribution < 1.29 is 9.30 Å². The van der Waals surface area contributed by atoms with Crippen LogP contribution >= 0.6 is 7.14 Å². The van der Waals surface area contributed by atoms with E-state index in [9.17, 15) is 4.57 Å². The summed E-state index contributed by atoms with van der Waals surface area (Å²) in [5.74, 6) is 0.668. The summed E-state index contributed by atoms with van der Waals surface area (Å²) in [6, 6.07) is 25.1. The molecule has 0 aliphatic heterocycles. The average Bonchev–Trinajstić information content (AvgIpc) is 2.62. The molecule has 0 saturated heterocycles. The van der Waals surface area contributed by atoms with Gasteiger partial charge in [0.25, 0.3) is 0 Å². The second-order valence-corrected chi connectivity index (χ2v) is 8.19. The van der Waals surface area contributed by atoms with Crippen LogP contribution in [-0.2, 0) is 4.57 Å². The number of hydrogen-bond acceptors (Lipinski definition) is 2. The third-order valence-corrected chi connectivity index (χ3v) is 7.01. The Morgan fingerprint density at radius 3 is 1.78 bits per heavy atom. The van der Waals surface area contributed by atoms with Crippen LogP contribution in [0.2, 0.25) is 0 Å². The first-order valence-corrected chi connectivity index (χ1v) is 9.23. The summed E-state index contributed by atoms with van der Waals surface area (Å²) in [6.45, 7) is 2.00. The van der Waals surface area contributed by atoms with Gasteiger partial charge in [-0.1, -0.05) is 66.7 Å². The van der Waals surface area contributed by atoms with Crippen molar-refractivity contribution in [3.05, 3.63) is 84.4 Å². The topological polar surface area (TPSA) is 26.3 Å². The van der Waals surface area contributed by atoms with Crippen molar-refractivity contribution >= 4 is 23.1 Å². The zero-order valence-corrected chi connectivity index (χ0v) is 14.2. The van der Waals surface area contributed by atoms with Crippen molar-refractivity contribution in [2.75, 3.05) is 7.11 Å². The summed E-state index contributed by atoms with van der Waals surface area (Å²) in [6.07, 6.45) is 0. The Morgan fingerprint density at radius 1 is 0.783 bits per heavy atom. The summed E-state index contributed by atoms with van der Waals surface area (Å²) in [5.41, 5.74) is 1.08. The molecule has 0 fully saturated rings. The van der Waals surface area contributed by atoms with Gasteiger partial charge in [-0.3, -0.25) is 0 Å². The van der Waals surface area contributed by atoms with Gasteiger partial charge in [-0.05, 0) is 24.6 Å². The van der Waals surface area contributed by atoms with Crippen molar-refractivity contribution in [1.29, 1.82) is 0 Å². The molecule has 3 heteroatoms. The molecule has 0 aliphatic carbocycles. The van der Waals surface area contributed by atoms with Gasteiger partial charge >= 0.3 is 0 Å². The number of hydrogen-bond donors (Lipinski definition) is 0. The molecule has 0 bridgehead atoms. The predicted molar refractivity (Wildman–Crippen MR) is 97.1 cm³/mol. The molecule has 0 saturated carbocycles. The zero-order chi connectivity index (χ0) is 16.3. The Hall–Kier alpha value is -2.31. The first-order chi connectivity index (χ1) is 11.2. The van der Waals surface area contributed by atoms with Gasteiger partial charge in [0.2, 0.25) is 0 Å². The molecule has 0 N–H and O–H groups in total. The van der Waals surface area contributed by atoms with E-state index in [0.717, 1.165) is 21.5 Å². The van der Waals surface area contributed by atoms with Gasteiger partial charge in [-0.2, -0.15) is 0 Å². The normalized spacial score (nSPS) is 11.2. The standard InChI is InChI=1S/C20H19O2P/c1-16-13-14-20(19(15-16)22-2)23(21,17-9-5-3-6-10-17)18-11-7-4-8-12-18/h3-15H,1-2H3. The molecule has 0 heterocycles. The van der Waals surface area contributed by atoms with Crippen LogP contribution in [0, 0.1) is 6.92 Å². The third-order valence-electron chi connectivity index (χ3n) is 3.91. The largest absolute Gasteiger partial charge is 0.496 e. The molecule has 2 nitrogen and oxygen atoms in total. The molecule has 0 atom stereocenters. The lowest BCUT2D eigenvalue weighted by atomic mass is 10.2. The lowest BCUT2D eigenvalue weighted by Crippen LogP contribution is -2.26. The first-order valence-electron chi connectivity index (χ1n) is 7.53. The lowest BCUT2D eigenvalue weighted by molar-refractivity contribution is 0.417. The van der Waals surface area contributed by atoms with Crippen LogP contribution in [0.15, 0.2) is 78.9 Å². The molecule has 3 aromatic carbocycles. The highest BCUT2D eigenvalue weighted by Crippen LogP contribution is 2.45. The molecule has 0 spiro atoms. The fourth-order valence-corrected chi connectivity index (χ4v) is 5.54. The highest BCUT2D eigenvalue weighted by Gasteiger charge is 2.32. The van der Waals surface area contributed by atoms with E-state index in [4.69, 9.17) is 4.74 Å². The summed E-state index contributed by atoms with van der Waals surface area (Å²) in [4.78, 5) is 0. The number of methoxy groups -OCH3 is 1. The van der Waals surface area contributed by atoms with Crippen molar-refractivity contribution in [3.63, 3.8) is 0 Å². The Kier molecular flexibility index (Phi) is 4.36. The number of aryl methyl sites for hydroxylation is 1. The quantitative estimate of drug-likeness (QED) is 0.686. The van der Waals surface area contributed by atoms with Crippen LogP contribution in [0.25, 0.3) is 0 Å². The van der Waals surface area contributed by atoms with E-state index in [2.05, 4.69) is 0 Å². The fourth-order valence-electron chi connectivity index (χ4n) is 2.75. The highest BCUT2D eigenvalue weighted by molar-refractivity contribution is 7.85. The minimum atomic E-state index is -2.98. The van der Waals surface area contributed by atoms with E-state index >= 15 is 0 Å². The van der Waals surface area contributed by atoms with E-state index < -0.39 is 7.14 Å². The van der Waals surface area contributed by atoms with Crippen molar-refractivity contribution in [2.45, 2.75) is 6.92 Å². The van der Waals surface area contributed by atoms with Crippen LogP contribution in [0.5, 0.6) is 5.75 Å². The Morgan fingerprint density at radius 2 is 1.30 bits per heavy atom. The molecule has 3 rings (SSSR count). The maximum Gasteiger partial charge on any atom is 0.174 e. The van der Waals surface area contributed by atoms with E-state index in [1.807, 2.05) is 85.8 Å². The lowest BCUT2D eigenvalue weighted by Gasteiger charge is -2.22. The van der Waals surface area contributed by atoms with Gasteiger partial charge in [0.05, 0.1) is 12.4 Å². The summed E-state index contributed by atoms with van der Waals surface area (Å²) in [7, 11) is -1.35. The van der Waals surface area contributed by atoms with Crippen LogP contribution in [-0.4, -0.2) is 7.11 Å². The molecule has 116 valence electrons. The van der Waals surface area contributed by atoms with E-state index in [1.165, 1.54) is 0 Å². The maximum absolute atomic E-state index is 14.2. The molecular formula is C20H19O2P. The predicted octanol–water partition coefficient (Wildman–Crippen LogP) is 3.64. The van der Waals surface area contributed by atoms with E-state index in [0.29, 0.717) is 5.75 Å². The molecule has 0 unspecified atom stereocenters. The third kappa shape index (κ3) is 2.83. The van der Waals surface area contributed by atoms with E-state index in [1.54, 1.807) is 7.11 Å². The Labute approximate surface area is 137 Å². The number of ether oxygens (including phenoxy) is 1. The van der Waals surface area contributed by atoms with Gasteiger partial charge < -0.3 is 9.30 Å². The van der Waals surface area contributed by atoms with Crippen molar-refractivity contribution in [2.24, 2.45) is 0 Å². The van der Waals surface area contributed by atoms with Gasteiger partial charge in [0.1, 0.15) is 5.75 Å². The monoisotopic (exact) mass is 322 g/mol. The highest BCUT2D eigenvalue weighted by atomic mass is 31.2. The van der Waals surface area contributed by atoms with Crippen LogP contribution in [0.4, 0.5) is 0 Å².